The van der Waals surface area contributed by atoms with Crippen LogP contribution in [-0.2, 0) is 24.4 Å². The zero-order valence-corrected chi connectivity index (χ0v) is 17.5. The number of carboxylic acid groups (broad SMARTS) is 1. The van der Waals surface area contributed by atoms with Gasteiger partial charge >= 0.3 is 5.97 Å². The van der Waals surface area contributed by atoms with Gasteiger partial charge < -0.3 is 14.8 Å². The predicted octanol–water partition coefficient (Wildman–Crippen LogP) is 4.84. The van der Waals surface area contributed by atoms with Gasteiger partial charge in [-0.15, -0.1) is 0 Å². The molecule has 5 nitrogen and oxygen atoms in total. The molecule has 158 valence electrons. The summed E-state index contributed by atoms with van der Waals surface area (Å²) in [6.07, 6.45) is 2.28. The van der Waals surface area contributed by atoms with E-state index in [1.165, 1.54) is 5.56 Å². The van der Waals surface area contributed by atoms with Crippen molar-refractivity contribution in [2.75, 3.05) is 0 Å². The van der Waals surface area contributed by atoms with Crippen molar-refractivity contribution in [1.82, 2.24) is 10.3 Å². The minimum Gasteiger partial charge on any atom is -0.489 e. The Morgan fingerprint density at radius 1 is 0.968 bits per heavy atom. The minimum absolute atomic E-state index is 0.394. The summed E-state index contributed by atoms with van der Waals surface area (Å²) < 4.78 is 6.07. The molecule has 1 atom stereocenters. The summed E-state index contributed by atoms with van der Waals surface area (Å²) in [4.78, 5) is 15.1. The molecule has 3 N–H and O–H groups in total. The first-order valence-electron chi connectivity index (χ1n) is 10.4. The predicted molar refractivity (Wildman–Crippen MR) is 122 cm³/mol. The van der Waals surface area contributed by atoms with Crippen LogP contribution in [0.25, 0.3) is 10.9 Å². The van der Waals surface area contributed by atoms with Gasteiger partial charge in [0, 0.05) is 35.6 Å². The van der Waals surface area contributed by atoms with Crippen LogP contribution in [0.4, 0.5) is 0 Å². The number of carbonyl (C=O) groups is 1. The normalized spacial score (nSPS) is 12.0. The van der Waals surface area contributed by atoms with Crippen LogP contribution < -0.4 is 10.1 Å². The van der Waals surface area contributed by atoms with Gasteiger partial charge in [-0.3, -0.25) is 10.1 Å². The van der Waals surface area contributed by atoms with Crippen LogP contribution >= 0.6 is 0 Å². The molecule has 0 saturated carbocycles. The number of aliphatic carboxylic acids is 1. The monoisotopic (exact) mass is 414 g/mol. The molecule has 3 aromatic carbocycles. The molecule has 0 saturated heterocycles. The number of rotatable bonds is 9. The van der Waals surface area contributed by atoms with Crippen LogP contribution in [0.2, 0.25) is 0 Å². The zero-order valence-electron chi connectivity index (χ0n) is 17.5. The van der Waals surface area contributed by atoms with Crippen molar-refractivity contribution < 1.29 is 14.6 Å². The first-order valence-corrected chi connectivity index (χ1v) is 10.4. The third-order valence-electron chi connectivity index (χ3n) is 5.55. The van der Waals surface area contributed by atoms with Gasteiger partial charge in [0.2, 0.25) is 0 Å². The highest BCUT2D eigenvalue weighted by atomic mass is 16.5. The molecule has 0 aliphatic rings. The molecule has 0 fully saturated rings. The summed E-state index contributed by atoms with van der Waals surface area (Å²) in [5.74, 6) is -0.113. The maximum Gasteiger partial charge on any atom is 0.321 e. The fraction of sp³-hybridized carbons (Fsp3) is 0.192. The number of nitrogens with one attached hydrogen (secondary N) is 2. The SMILES string of the molecule is Cc1ccccc1COc1ccccc1CNC(Cc1c[nH]c2ccccc12)C(=O)O. The zero-order chi connectivity index (χ0) is 21.6. The molecule has 4 aromatic rings. The quantitative estimate of drug-likeness (QED) is 0.366. The van der Waals surface area contributed by atoms with E-state index in [9.17, 15) is 9.90 Å². The fourth-order valence-electron chi connectivity index (χ4n) is 3.72. The van der Waals surface area contributed by atoms with Crippen molar-refractivity contribution in [2.45, 2.75) is 32.5 Å². The van der Waals surface area contributed by atoms with E-state index in [2.05, 4.69) is 29.4 Å². The molecular weight excluding hydrogens is 388 g/mol. The van der Waals surface area contributed by atoms with Crippen LogP contribution in [-0.4, -0.2) is 22.1 Å². The third-order valence-corrected chi connectivity index (χ3v) is 5.55. The summed E-state index contributed by atoms with van der Waals surface area (Å²) >= 11 is 0. The van der Waals surface area contributed by atoms with E-state index in [4.69, 9.17) is 4.74 Å². The summed E-state index contributed by atoms with van der Waals surface area (Å²) in [6, 6.07) is 23.1. The second kappa shape index (κ2) is 9.49. The van der Waals surface area contributed by atoms with Gasteiger partial charge in [-0.1, -0.05) is 60.7 Å². The van der Waals surface area contributed by atoms with Crippen molar-refractivity contribution in [2.24, 2.45) is 0 Å². The van der Waals surface area contributed by atoms with E-state index in [0.29, 0.717) is 19.6 Å². The molecule has 0 aliphatic carbocycles. The molecule has 4 rings (SSSR count). The summed E-state index contributed by atoms with van der Waals surface area (Å²) in [7, 11) is 0. The summed E-state index contributed by atoms with van der Waals surface area (Å²) in [6.45, 7) is 2.94. The third kappa shape index (κ3) is 4.95. The first-order chi connectivity index (χ1) is 15.1. The number of benzene rings is 3. The first kappa shape index (κ1) is 20.7. The Kier molecular flexibility index (Phi) is 6.34. The molecule has 0 spiro atoms. The fourth-order valence-corrected chi connectivity index (χ4v) is 3.72. The van der Waals surface area contributed by atoms with Crippen molar-refractivity contribution in [3.63, 3.8) is 0 Å². The Bertz CT molecular complexity index is 1180. The number of fused-ring (bicyclic) bond motifs is 1. The van der Waals surface area contributed by atoms with E-state index in [0.717, 1.165) is 33.3 Å². The average molecular weight is 415 g/mol. The highest BCUT2D eigenvalue weighted by molar-refractivity contribution is 5.84. The molecule has 1 heterocycles. The van der Waals surface area contributed by atoms with E-state index < -0.39 is 12.0 Å². The number of aromatic amines is 1. The van der Waals surface area contributed by atoms with Gasteiger partial charge in [-0.05, 0) is 35.7 Å². The van der Waals surface area contributed by atoms with E-state index in [-0.39, 0.29) is 0 Å². The number of hydrogen-bond acceptors (Lipinski definition) is 3. The molecule has 5 heteroatoms. The van der Waals surface area contributed by atoms with Gasteiger partial charge in [0.25, 0.3) is 0 Å². The number of aromatic nitrogens is 1. The lowest BCUT2D eigenvalue weighted by atomic mass is 10.0. The molecule has 1 unspecified atom stereocenters. The average Bonchev–Trinajstić information content (AvgIpc) is 3.19. The van der Waals surface area contributed by atoms with Gasteiger partial charge in [-0.2, -0.15) is 0 Å². The van der Waals surface area contributed by atoms with Crippen molar-refractivity contribution in [3.8, 4) is 5.75 Å². The van der Waals surface area contributed by atoms with Gasteiger partial charge in [-0.25, -0.2) is 0 Å². The Morgan fingerprint density at radius 3 is 2.48 bits per heavy atom. The minimum atomic E-state index is -0.872. The van der Waals surface area contributed by atoms with Crippen LogP contribution in [0, 0.1) is 6.92 Å². The summed E-state index contributed by atoms with van der Waals surface area (Å²) in [5.41, 5.74) is 5.24. The van der Waals surface area contributed by atoms with Crippen molar-refractivity contribution in [1.29, 1.82) is 0 Å². The Balaban J connectivity index is 1.44. The lowest BCUT2D eigenvalue weighted by molar-refractivity contribution is -0.139. The van der Waals surface area contributed by atoms with E-state index in [1.807, 2.05) is 66.9 Å². The molecular formula is C26H26N2O3. The number of para-hydroxylation sites is 2. The van der Waals surface area contributed by atoms with Crippen LogP contribution in [0.5, 0.6) is 5.75 Å². The molecule has 0 bridgehead atoms. The highest BCUT2D eigenvalue weighted by Crippen LogP contribution is 2.22. The number of H-pyrrole nitrogens is 1. The van der Waals surface area contributed by atoms with Gasteiger partial charge in [0.05, 0.1) is 0 Å². The molecule has 1 aromatic heterocycles. The van der Waals surface area contributed by atoms with Crippen LogP contribution in [0.1, 0.15) is 22.3 Å². The second-order valence-electron chi connectivity index (χ2n) is 7.66. The number of aryl methyl sites for hydroxylation is 1. The van der Waals surface area contributed by atoms with E-state index in [1.54, 1.807) is 0 Å². The largest absolute Gasteiger partial charge is 0.489 e. The maximum atomic E-state index is 11.9. The smallest absolute Gasteiger partial charge is 0.321 e. The van der Waals surface area contributed by atoms with Crippen LogP contribution in [0.3, 0.4) is 0 Å². The van der Waals surface area contributed by atoms with Gasteiger partial charge in [0.15, 0.2) is 0 Å². The van der Waals surface area contributed by atoms with Crippen molar-refractivity contribution in [3.05, 3.63) is 101 Å². The molecule has 31 heavy (non-hydrogen) atoms. The van der Waals surface area contributed by atoms with Crippen LogP contribution in [0.15, 0.2) is 79.0 Å². The summed E-state index contributed by atoms with van der Waals surface area (Å²) in [5, 5.41) is 14.0. The Hall–Kier alpha value is -3.57. The maximum absolute atomic E-state index is 11.9. The number of carboxylic acids is 1. The molecule has 0 radical (unpaired) electrons. The number of hydrogen-bond donors (Lipinski definition) is 3. The Morgan fingerprint density at radius 2 is 1.68 bits per heavy atom. The topological polar surface area (TPSA) is 74.3 Å². The lowest BCUT2D eigenvalue weighted by Gasteiger charge is -2.17. The number of ether oxygens (including phenoxy) is 1. The molecule has 0 aliphatic heterocycles. The highest BCUT2D eigenvalue weighted by Gasteiger charge is 2.20. The second-order valence-corrected chi connectivity index (χ2v) is 7.66. The van der Waals surface area contributed by atoms with Crippen molar-refractivity contribution >= 4 is 16.9 Å². The Labute approximate surface area is 181 Å². The molecule has 0 amide bonds. The standard InChI is InChI=1S/C26H26N2O3/c1-18-8-2-3-10-20(18)17-31-25-13-7-4-9-19(25)15-28-24(26(29)30)14-21-16-27-23-12-6-5-11-22(21)23/h2-13,16,24,27-28H,14-15,17H2,1H3,(H,29,30). The van der Waals surface area contributed by atoms with Gasteiger partial charge in [0.1, 0.15) is 18.4 Å². The van der Waals surface area contributed by atoms with E-state index >= 15 is 0 Å². The lowest BCUT2D eigenvalue weighted by Crippen LogP contribution is -2.38.